The van der Waals surface area contributed by atoms with Crippen LogP contribution in [0.5, 0.6) is 0 Å². The highest BCUT2D eigenvalue weighted by Crippen LogP contribution is 2.57. The van der Waals surface area contributed by atoms with Crippen molar-refractivity contribution in [1.82, 2.24) is 5.32 Å². The summed E-state index contributed by atoms with van der Waals surface area (Å²) in [5.74, 6) is 0.565. The average Bonchev–Trinajstić information content (AvgIpc) is 2.80. The van der Waals surface area contributed by atoms with Gasteiger partial charge in [-0.1, -0.05) is 17.7 Å². The molecule has 2 atom stereocenters. The van der Waals surface area contributed by atoms with Crippen molar-refractivity contribution in [1.29, 1.82) is 0 Å². The minimum atomic E-state index is -4.37. The molecule has 1 nitrogen and oxygen atoms in total. The zero-order valence-electron chi connectivity index (χ0n) is 8.94. The Kier molecular flexibility index (Phi) is 2.26. The second kappa shape index (κ2) is 3.39. The molecule has 3 rings (SSSR count). The Hall–Kier alpha value is -0.740. The number of halogens is 4. The molecule has 0 aromatic heterocycles. The smallest absolute Gasteiger partial charge is 0.316 e. The number of rotatable bonds is 1. The summed E-state index contributed by atoms with van der Waals surface area (Å²) < 4.78 is 37.7. The van der Waals surface area contributed by atoms with Gasteiger partial charge in [0.25, 0.3) is 0 Å². The van der Waals surface area contributed by atoms with E-state index >= 15 is 0 Å². The summed E-state index contributed by atoms with van der Waals surface area (Å²) in [6.45, 7) is 1.80. The molecule has 2 aliphatic rings. The van der Waals surface area contributed by atoms with Crippen molar-refractivity contribution in [2.45, 2.75) is 18.0 Å². The van der Waals surface area contributed by atoms with Crippen molar-refractivity contribution in [3.63, 3.8) is 0 Å². The van der Waals surface area contributed by atoms with E-state index in [0.29, 0.717) is 5.92 Å². The van der Waals surface area contributed by atoms with Crippen LogP contribution in [0.25, 0.3) is 0 Å². The quantitative estimate of drug-likeness (QED) is 0.819. The number of piperidine rings is 1. The van der Waals surface area contributed by atoms with Gasteiger partial charge in [-0.2, -0.15) is 13.2 Å². The van der Waals surface area contributed by atoms with E-state index in [2.05, 4.69) is 5.32 Å². The standard InChI is InChI=1S/C12H11ClF3N/c13-10-3-7(1-2-9(10)12(14,15)16)11-4-8(11)5-17-6-11/h1-3,8,17H,4-6H2. The lowest BCUT2D eigenvalue weighted by atomic mass is 9.94. The van der Waals surface area contributed by atoms with Gasteiger partial charge in [-0.05, 0) is 36.6 Å². The van der Waals surface area contributed by atoms with Gasteiger partial charge in [0.1, 0.15) is 0 Å². The van der Waals surface area contributed by atoms with Gasteiger partial charge in [0.2, 0.25) is 0 Å². The zero-order chi connectivity index (χ0) is 12.3. The fourth-order valence-electron chi connectivity index (χ4n) is 2.84. The van der Waals surface area contributed by atoms with E-state index in [4.69, 9.17) is 11.6 Å². The zero-order valence-corrected chi connectivity index (χ0v) is 9.70. The molecule has 0 bridgehead atoms. The molecule has 2 fully saturated rings. The van der Waals surface area contributed by atoms with Crippen LogP contribution in [0, 0.1) is 5.92 Å². The van der Waals surface area contributed by atoms with Gasteiger partial charge >= 0.3 is 6.18 Å². The summed E-state index contributed by atoms with van der Waals surface area (Å²) >= 11 is 5.73. The fraction of sp³-hybridized carbons (Fsp3) is 0.500. The summed E-state index contributed by atoms with van der Waals surface area (Å²) in [5.41, 5.74) is 0.237. The summed E-state index contributed by atoms with van der Waals surface area (Å²) in [6, 6.07) is 4.15. The Morgan fingerprint density at radius 3 is 2.59 bits per heavy atom. The van der Waals surface area contributed by atoms with Crippen LogP contribution in [0.3, 0.4) is 0 Å². The summed E-state index contributed by atoms with van der Waals surface area (Å²) in [7, 11) is 0. The molecule has 1 aromatic carbocycles. The molecule has 1 aliphatic carbocycles. The molecule has 5 heteroatoms. The number of benzene rings is 1. The Morgan fingerprint density at radius 2 is 2.12 bits per heavy atom. The van der Waals surface area contributed by atoms with Crippen molar-refractivity contribution in [2.24, 2.45) is 5.92 Å². The number of nitrogens with one attached hydrogen (secondary N) is 1. The van der Waals surface area contributed by atoms with Crippen LogP contribution in [0.1, 0.15) is 17.5 Å². The van der Waals surface area contributed by atoms with Crippen LogP contribution in [-0.2, 0) is 11.6 Å². The van der Waals surface area contributed by atoms with Gasteiger partial charge in [0, 0.05) is 12.0 Å². The molecule has 1 aromatic rings. The lowest BCUT2D eigenvalue weighted by Crippen LogP contribution is -2.19. The molecule has 1 aliphatic heterocycles. The predicted octanol–water partition coefficient (Wildman–Crippen LogP) is 3.22. The van der Waals surface area contributed by atoms with E-state index in [0.717, 1.165) is 31.1 Å². The minimum Gasteiger partial charge on any atom is -0.316 e. The first-order valence-electron chi connectivity index (χ1n) is 5.51. The largest absolute Gasteiger partial charge is 0.417 e. The molecule has 0 amide bonds. The first-order chi connectivity index (χ1) is 7.93. The van der Waals surface area contributed by atoms with Crippen LogP contribution < -0.4 is 5.32 Å². The first-order valence-corrected chi connectivity index (χ1v) is 5.89. The molecule has 0 radical (unpaired) electrons. The molecule has 2 unspecified atom stereocenters. The number of hydrogen-bond acceptors (Lipinski definition) is 1. The molecule has 92 valence electrons. The maximum Gasteiger partial charge on any atom is 0.417 e. The monoisotopic (exact) mass is 261 g/mol. The Labute approximate surface area is 102 Å². The number of fused-ring (bicyclic) bond motifs is 1. The highest BCUT2D eigenvalue weighted by molar-refractivity contribution is 6.31. The van der Waals surface area contributed by atoms with E-state index in [1.165, 1.54) is 6.07 Å². The van der Waals surface area contributed by atoms with E-state index in [1.54, 1.807) is 6.07 Å². The molecule has 17 heavy (non-hydrogen) atoms. The predicted molar refractivity (Wildman–Crippen MR) is 59.1 cm³/mol. The van der Waals surface area contributed by atoms with Gasteiger partial charge in [0.15, 0.2) is 0 Å². The van der Waals surface area contributed by atoms with Gasteiger partial charge in [-0.15, -0.1) is 0 Å². The second-order valence-corrected chi connectivity index (χ2v) is 5.29. The van der Waals surface area contributed by atoms with Crippen LogP contribution in [0.4, 0.5) is 13.2 Å². The molecule has 1 saturated heterocycles. The molecule has 1 saturated carbocycles. The topological polar surface area (TPSA) is 12.0 Å². The third-order valence-corrected chi connectivity index (χ3v) is 4.23. The Morgan fingerprint density at radius 1 is 1.35 bits per heavy atom. The second-order valence-electron chi connectivity index (χ2n) is 4.88. The Bertz CT molecular complexity index is 471. The maximum absolute atomic E-state index is 12.6. The lowest BCUT2D eigenvalue weighted by molar-refractivity contribution is -0.137. The van der Waals surface area contributed by atoms with Crippen LogP contribution in [0.15, 0.2) is 18.2 Å². The van der Waals surface area contributed by atoms with Crippen molar-refractivity contribution >= 4 is 11.6 Å². The molecular formula is C12H11ClF3N. The van der Waals surface area contributed by atoms with Gasteiger partial charge in [0.05, 0.1) is 10.6 Å². The maximum atomic E-state index is 12.6. The van der Waals surface area contributed by atoms with Crippen molar-refractivity contribution < 1.29 is 13.2 Å². The highest BCUT2D eigenvalue weighted by atomic mass is 35.5. The van der Waals surface area contributed by atoms with Gasteiger partial charge in [-0.3, -0.25) is 0 Å². The minimum absolute atomic E-state index is 0.0494. The third kappa shape index (κ3) is 1.66. The Balaban J connectivity index is 1.97. The number of hydrogen-bond donors (Lipinski definition) is 1. The average molecular weight is 262 g/mol. The number of alkyl halides is 3. The van der Waals surface area contributed by atoms with E-state index in [9.17, 15) is 13.2 Å². The summed E-state index contributed by atoms with van der Waals surface area (Å²) in [5, 5.41) is 3.07. The first kappa shape index (κ1) is 11.4. The molecule has 1 heterocycles. The molecular weight excluding hydrogens is 251 g/mol. The van der Waals surface area contributed by atoms with Gasteiger partial charge in [-0.25, -0.2) is 0 Å². The van der Waals surface area contributed by atoms with Crippen molar-refractivity contribution in [3.8, 4) is 0 Å². The highest BCUT2D eigenvalue weighted by Gasteiger charge is 2.58. The fourth-order valence-corrected chi connectivity index (χ4v) is 3.13. The summed E-state index contributed by atoms with van der Waals surface area (Å²) in [6.07, 6.45) is -3.31. The van der Waals surface area contributed by atoms with Crippen molar-refractivity contribution in [3.05, 3.63) is 34.3 Å². The SMILES string of the molecule is FC(F)(F)c1ccc(C23CNCC2C3)cc1Cl. The molecule has 0 spiro atoms. The molecule has 1 N–H and O–H groups in total. The van der Waals surface area contributed by atoms with E-state index < -0.39 is 11.7 Å². The van der Waals surface area contributed by atoms with E-state index in [1.807, 2.05) is 0 Å². The van der Waals surface area contributed by atoms with Crippen LogP contribution in [0.2, 0.25) is 5.02 Å². The van der Waals surface area contributed by atoms with Crippen molar-refractivity contribution in [2.75, 3.05) is 13.1 Å². The normalized spacial score (nSPS) is 31.4. The summed E-state index contributed by atoms with van der Waals surface area (Å²) in [4.78, 5) is 0. The lowest BCUT2D eigenvalue weighted by Gasteiger charge is -2.15. The third-order valence-electron chi connectivity index (χ3n) is 3.91. The van der Waals surface area contributed by atoms with Gasteiger partial charge < -0.3 is 5.32 Å². The van der Waals surface area contributed by atoms with E-state index in [-0.39, 0.29) is 10.4 Å². The van der Waals surface area contributed by atoms with Crippen LogP contribution >= 0.6 is 11.6 Å². The van der Waals surface area contributed by atoms with Crippen LogP contribution in [-0.4, -0.2) is 13.1 Å².